The summed E-state index contributed by atoms with van der Waals surface area (Å²) in [6.07, 6.45) is 0. The lowest BCUT2D eigenvalue weighted by Gasteiger charge is -2.14. The molecule has 2 heteroatoms. The van der Waals surface area contributed by atoms with Crippen molar-refractivity contribution in [2.45, 2.75) is 26.7 Å². The first-order valence-corrected chi connectivity index (χ1v) is 6.37. The molecule has 19 heavy (non-hydrogen) atoms. The minimum atomic E-state index is 0.244. The molecule has 0 saturated heterocycles. The molecule has 0 aromatic heterocycles. The van der Waals surface area contributed by atoms with Gasteiger partial charge in [0.25, 0.3) is 0 Å². The molecule has 0 atom stereocenters. The molecule has 0 aliphatic carbocycles. The van der Waals surface area contributed by atoms with E-state index in [0.29, 0.717) is 11.3 Å². The van der Waals surface area contributed by atoms with Crippen LogP contribution >= 0.6 is 0 Å². The van der Waals surface area contributed by atoms with Crippen LogP contribution in [0.3, 0.4) is 0 Å². The first-order chi connectivity index (χ1) is 9.04. The highest BCUT2D eigenvalue weighted by Gasteiger charge is 2.13. The molecular weight excluding hydrogens is 234 g/mol. The van der Waals surface area contributed by atoms with Crippen LogP contribution in [0.4, 0.5) is 0 Å². The van der Waals surface area contributed by atoms with Gasteiger partial charge in [-0.25, -0.2) is 0 Å². The highest BCUT2D eigenvalue weighted by molar-refractivity contribution is 5.74. The molecular formula is C17H17NO. The van der Waals surface area contributed by atoms with Gasteiger partial charge in [-0.2, -0.15) is 5.26 Å². The van der Waals surface area contributed by atoms with Gasteiger partial charge in [0.1, 0.15) is 5.75 Å². The Bertz CT molecular complexity index is 651. The molecule has 0 amide bonds. The molecule has 0 unspecified atom stereocenters. The van der Waals surface area contributed by atoms with E-state index in [1.54, 1.807) is 6.07 Å². The Balaban J connectivity index is 2.69. The Labute approximate surface area is 114 Å². The summed E-state index contributed by atoms with van der Waals surface area (Å²) in [5.74, 6) is 0.569. The average molecular weight is 251 g/mol. The fourth-order valence-corrected chi connectivity index (χ4v) is 2.28. The first-order valence-electron chi connectivity index (χ1n) is 6.37. The first kappa shape index (κ1) is 13.2. The van der Waals surface area contributed by atoms with Crippen molar-refractivity contribution in [2.75, 3.05) is 0 Å². The summed E-state index contributed by atoms with van der Waals surface area (Å²) in [4.78, 5) is 0. The van der Waals surface area contributed by atoms with Crippen molar-refractivity contribution < 1.29 is 5.11 Å². The normalized spacial score (nSPS) is 10.5. The Morgan fingerprint density at radius 2 is 1.79 bits per heavy atom. The number of hydrogen-bond donors (Lipinski definition) is 1. The van der Waals surface area contributed by atoms with Crippen molar-refractivity contribution in [3.05, 3.63) is 53.1 Å². The van der Waals surface area contributed by atoms with Gasteiger partial charge in [-0.3, -0.25) is 0 Å². The van der Waals surface area contributed by atoms with Crippen molar-refractivity contribution in [2.24, 2.45) is 0 Å². The van der Waals surface area contributed by atoms with Gasteiger partial charge < -0.3 is 5.11 Å². The van der Waals surface area contributed by atoms with Gasteiger partial charge in [0.2, 0.25) is 0 Å². The summed E-state index contributed by atoms with van der Waals surface area (Å²) >= 11 is 0. The van der Waals surface area contributed by atoms with E-state index in [1.165, 1.54) is 0 Å². The minimum Gasteiger partial charge on any atom is -0.508 e. The van der Waals surface area contributed by atoms with Gasteiger partial charge in [0.15, 0.2) is 0 Å². The van der Waals surface area contributed by atoms with E-state index in [-0.39, 0.29) is 5.92 Å². The van der Waals surface area contributed by atoms with Crippen molar-refractivity contribution in [3.63, 3.8) is 0 Å². The van der Waals surface area contributed by atoms with E-state index in [4.69, 9.17) is 0 Å². The Kier molecular flexibility index (Phi) is 3.57. The number of aryl methyl sites for hydroxylation is 1. The Hall–Kier alpha value is -2.27. The molecule has 0 saturated carbocycles. The lowest BCUT2D eigenvalue weighted by Crippen LogP contribution is -1.94. The molecule has 0 aliphatic rings. The highest BCUT2D eigenvalue weighted by atomic mass is 16.3. The van der Waals surface area contributed by atoms with Crippen LogP contribution < -0.4 is 0 Å². The van der Waals surface area contributed by atoms with Crippen LogP contribution in [0.15, 0.2) is 36.4 Å². The summed E-state index contributed by atoms with van der Waals surface area (Å²) in [7, 11) is 0. The van der Waals surface area contributed by atoms with Gasteiger partial charge in [0.05, 0.1) is 11.6 Å². The zero-order valence-electron chi connectivity index (χ0n) is 11.4. The monoisotopic (exact) mass is 251 g/mol. The van der Waals surface area contributed by atoms with Crippen LogP contribution in [0, 0.1) is 18.3 Å². The Morgan fingerprint density at radius 1 is 1.11 bits per heavy atom. The SMILES string of the molecule is Cc1cc(O)c(C(C)C)cc1-c1ccccc1C#N. The third-order valence-corrected chi connectivity index (χ3v) is 3.33. The minimum absolute atomic E-state index is 0.244. The standard InChI is InChI=1S/C17H17NO/c1-11(2)15-9-16(12(3)8-17(15)19)14-7-5-4-6-13(14)10-18/h4-9,11,19H,1-3H3. The molecule has 0 fully saturated rings. The highest BCUT2D eigenvalue weighted by Crippen LogP contribution is 2.34. The third-order valence-electron chi connectivity index (χ3n) is 3.33. The number of phenols is 1. The van der Waals surface area contributed by atoms with E-state index >= 15 is 0 Å². The lowest BCUT2D eigenvalue weighted by atomic mass is 9.91. The van der Waals surface area contributed by atoms with Crippen molar-refractivity contribution in [1.82, 2.24) is 0 Å². The zero-order valence-corrected chi connectivity index (χ0v) is 11.4. The number of nitrogens with zero attached hydrogens (tertiary/aromatic N) is 1. The fourth-order valence-electron chi connectivity index (χ4n) is 2.28. The van der Waals surface area contributed by atoms with Crippen molar-refractivity contribution in [3.8, 4) is 22.9 Å². The van der Waals surface area contributed by atoms with Crippen LogP contribution in [0.1, 0.15) is 36.5 Å². The van der Waals surface area contributed by atoms with Crippen LogP contribution in [-0.2, 0) is 0 Å². The maximum atomic E-state index is 9.99. The second-order valence-corrected chi connectivity index (χ2v) is 5.04. The molecule has 0 radical (unpaired) electrons. The van der Waals surface area contributed by atoms with Crippen LogP contribution in [0.5, 0.6) is 5.75 Å². The third kappa shape index (κ3) is 2.46. The summed E-state index contributed by atoms with van der Waals surface area (Å²) in [5.41, 5.74) is 4.48. The molecule has 1 N–H and O–H groups in total. The van der Waals surface area contributed by atoms with E-state index in [1.807, 2.05) is 51.1 Å². The zero-order chi connectivity index (χ0) is 14.0. The van der Waals surface area contributed by atoms with Crippen molar-refractivity contribution in [1.29, 1.82) is 5.26 Å². The largest absolute Gasteiger partial charge is 0.508 e. The maximum Gasteiger partial charge on any atom is 0.119 e. The predicted molar refractivity (Wildman–Crippen MR) is 77.1 cm³/mol. The number of rotatable bonds is 2. The van der Waals surface area contributed by atoms with Crippen LogP contribution in [-0.4, -0.2) is 5.11 Å². The summed E-state index contributed by atoms with van der Waals surface area (Å²) < 4.78 is 0. The molecule has 0 heterocycles. The van der Waals surface area contributed by atoms with Crippen molar-refractivity contribution >= 4 is 0 Å². The number of hydrogen-bond acceptors (Lipinski definition) is 2. The van der Waals surface area contributed by atoms with E-state index in [0.717, 1.165) is 22.3 Å². The molecule has 0 aliphatic heterocycles. The van der Waals surface area contributed by atoms with Gasteiger partial charge in [-0.15, -0.1) is 0 Å². The van der Waals surface area contributed by atoms with E-state index < -0.39 is 0 Å². The summed E-state index contributed by atoms with van der Waals surface area (Å²) in [6, 6.07) is 13.5. The maximum absolute atomic E-state index is 9.99. The molecule has 2 nitrogen and oxygen atoms in total. The Morgan fingerprint density at radius 3 is 2.42 bits per heavy atom. The smallest absolute Gasteiger partial charge is 0.119 e. The number of nitriles is 1. The summed E-state index contributed by atoms with van der Waals surface area (Å²) in [6.45, 7) is 6.04. The molecule has 2 aromatic rings. The molecule has 0 spiro atoms. The molecule has 0 bridgehead atoms. The molecule has 96 valence electrons. The second kappa shape index (κ2) is 5.16. The quantitative estimate of drug-likeness (QED) is 0.861. The topological polar surface area (TPSA) is 44.0 Å². The summed E-state index contributed by atoms with van der Waals surface area (Å²) in [5, 5.41) is 19.2. The second-order valence-electron chi connectivity index (χ2n) is 5.04. The number of phenolic OH excluding ortho intramolecular Hbond substituents is 1. The fraction of sp³-hybridized carbons (Fsp3) is 0.235. The van der Waals surface area contributed by atoms with Crippen LogP contribution in [0.2, 0.25) is 0 Å². The molecule has 2 aromatic carbocycles. The predicted octanol–water partition coefficient (Wildman–Crippen LogP) is 4.36. The van der Waals surface area contributed by atoms with Gasteiger partial charge in [0, 0.05) is 0 Å². The van der Waals surface area contributed by atoms with Gasteiger partial charge in [-0.1, -0.05) is 32.0 Å². The number of benzene rings is 2. The number of aromatic hydroxyl groups is 1. The lowest BCUT2D eigenvalue weighted by molar-refractivity contribution is 0.464. The van der Waals surface area contributed by atoms with E-state index in [9.17, 15) is 10.4 Å². The van der Waals surface area contributed by atoms with Gasteiger partial charge >= 0.3 is 0 Å². The van der Waals surface area contributed by atoms with E-state index in [2.05, 4.69) is 6.07 Å². The average Bonchev–Trinajstić information content (AvgIpc) is 2.38. The van der Waals surface area contributed by atoms with Gasteiger partial charge in [-0.05, 0) is 53.3 Å². The molecule has 2 rings (SSSR count). The van der Waals surface area contributed by atoms with Crippen LogP contribution in [0.25, 0.3) is 11.1 Å².